The number of rotatable bonds is 9. The Kier molecular flexibility index (Phi) is 6.82. The minimum atomic E-state index is 0.502. The van der Waals surface area contributed by atoms with E-state index in [-0.39, 0.29) is 0 Å². The predicted octanol–water partition coefficient (Wildman–Crippen LogP) is 7.20. The fraction of sp³-hybridized carbons (Fsp3) is 0.241. The number of benzene rings is 2. The van der Waals surface area contributed by atoms with Crippen LogP contribution < -0.4 is 10.6 Å². The lowest BCUT2D eigenvalue weighted by Crippen LogP contribution is -2.07. The standard InChI is InChI=1S/C29H33N5/c1-7-34-28(16-17-30-34)32-21(6)29-26(23-12-14-25(15-13-23)31-20(4)5)18-27(33-29)24-10-8-22(9-11-24)19(2)3/h8-17,19,31-32H,4,6-7,18H2,1-3,5H3. The molecule has 3 aromatic rings. The summed E-state index contributed by atoms with van der Waals surface area (Å²) in [7, 11) is 0. The highest BCUT2D eigenvalue weighted by atomic mass is 15.3. The molecule has 0 saturated carbocycles. The van der Waals surface area contributed by atoms with Crippen molar-refractivity contribution in [1.82, 2.24) is 9.78 Å². The van der Waals surface area contributed by atoms with Crippen LogP contribution in [-0.2, 0) is 6.54 Å². The predicted molar refractivity (Wildman–Crippen MR) is 144 cm³/mol. The fourth-order valence-corrected chi connectivity index (χ4v) is 4.11. The first-order valence-electron chi connectivity index (χ1n) is 11.8. The molecule has 0 atom stereocenters. The summed E-state index contributed by atoms with van der Waals surface area (Å²) in [4.78, 5) is 5.07. The second kappa shape index (κ2) is 9.96. The summed E-state index contributed by atoms with van der Waals surface area (Å²) < 4.78 is 1.91. The molecular formula is C29H33N5. The molecule has 34 heavy (non-hydrogen) atoms. The van der Waals surface area contributed by atoms with Crippen LogP contribution in [0, 0.1) is 0 Å². The van der Waals surface area contributed by atoms with Crippen LogP contribution in [0.1, 0.15) is 56.7 Å². The molecule has 0 unspecified atom stereocenters. The summed E-state index contributed by atoms with van der Waals surface area (Å²) >= 11 is 0. The maximum Gasteiger partial charge on any atom is 0.128 e. The number of aliphatic imine (C=N–C) groups is 1. The number of anilines is 2. The van der Waals surface area contributed by atoms with E-state index in [1.165, 1.54) is 5.56 Å². The fourth-order valence-electron chi connectivity index (χ4n) is 4.11. The van der Waals surface area contributed by atoms with E-state index >= 15 is 0 Å². The molecule has 4 rings (SSSR count). The van der Waals surface area contributed by atoms with Crippen molar-refractivity contribution in [3.63, 3.8) is 0 Å². The van der Waals surface area contributed by atoms with Crippen LogP contribution in [-0.4, -0.2) is 15.5 Å². The van der Waals surface area contributed by atoms with Crippen LogP contribution in [0.2, 0.25) is 0 Å². The van der Waals surface area contributed by atoms with E-state index in [0.29, 0.717) is 5.92 Å². The summed E-state index contributed by atoms with van der Waals surface area (Å²) in [5.41, 5.74) is 9.39. The number of aromatic nitrogens is 2. The van der Waals surface area contributed by atoms with E-state index in [2.05, 4.69) is 98.2 Å². The van der Waals surface area contributed by atoms with E-state index in [4.69, 9.17) is 4.99 Å². The maximum atomic E-state index is 5.07. The summed E-state index contributed by atoms with van der Waals surface area (Å²) in [5.74, 6) is 1.41. The maximum absolute atomic E-state index is 5.07. The number of hydrogen-bond donors (Lipinski definition) is 2. The lowest BCUT2D eigenvalue weighted by molar-refractivity contribution is 0.667. The molecule has 0 fully saturated rings. The van der Waals surface area contributed by atoms with E-state index in [1.807, 2.05) is 17.7 Å². The van der Waals surface area contributed by atoms with E-state index < -0.39 is 0 Å². The third-order valence-corrected chi connectivity index (χ3v) is 5.96. The van der Waals surface area contributed by atoms with Gasteiger partial charge >= 0.3 is 0 Å². The summed E-state index contributed by atoms with van der Waals surface area (Å²) in [6.45, 7) is 17.5. The van der Waals surface area contributed by atoms with E-state index in [0.717, 1.165) is 64.0 Å². The molecule has 0 radical (unpaired) electrons. The van der Waals surface area contributed by atoms with Gasteiger partial charge in [-0.3, -0.25) is 0 Å². The van der Waals surface area contributed by atoms with Gasteiger partial charge in [0.1, 0.15) is 5.82 Å². The van der Waals surface area contributed by atoms with Gasteiger partial charge in [0.25, 0.3) is 0 Å². The molecule has 0 aliphatic carbocycles. The van der Waals surface area contributed by atoms with Crippen molar-refractivity contribution in [3.8, 4) is 0 Å². The van der Waals surface area contributed by atoms with Gasteiger partial charge in [0.05, 0.1) is 23.3 Å². The highest BCUT2D eigenvalue weighted by Crippen LogP contribution is 2.36. The molecule has 2 aromatic carbocycles. The van der Waals surface area contributed by atoms with Crippen molar-refractivity contribution in [2.75, 3.05) is 10.6 Å². The molecule has 1 aliphatic heterocycles. The van der Waals surface area contributed by atoms with Gasteiger partial charge in [-0.25, -0.2) is 9.67 Å². The minimum Gasteiger partial charge on any atom is -0.360 e. The van der Waals surface area contributed by atoms with E-state index in [9.17, 15) is 0 Å². The number of aryl methyl sites for hydroxylation is 1. The smallest absolute Gasteiger partial charge is 0.128 e. The lowest BCUT2D eigenvalue weighted by atomic mass is 9.95. The zero-order valence-corrected chi connectivity index (χ0v) is 20.5. The van der Waals surface area contributed by atoms with E-state index in [1.54, 1.807) is 6.20 Å². The molecular weight excluding hydrogens is 418 g/mol. The molecule has 1 aromatic heterocycles. The average molecular weight is 452 g/mol. The molecule has 5 nitrogen and oxygen atoms in total. The highest BCUT2D eigenvalue weighted by Gasteiger charge is 2.23. The summed E-state index contributed by atoms with van der Waals surface area (Å²) in [6.07, 6.45) is 2.54. The SMILES string of the molecule is C=C(C)Nc1ccc(C2=C(C(=C)Nc3ccnn3CC)N=C(c3ccc(C(C)C)cc3)C2)cc1. The van der Waals surface area contributed by atoms with Crippen LogP contribution in [0.25, 0.3) is 5.57 Å². The summed E-state index contributed by atoms with van der Waals surface area (Å²) in [5, 5.41) is 11.1. The molecule has 5 heteroatoms. The lowest BCUT2D eigenvalue weighted by Gasteiger charge is -2.13. The van der Waals surface area contributed by atoms with Crippen LogP contribution in [0.5, 0.6) is 0 Å². The van der Waals surface area contributed by atoms with Crippen LogP contribution in [0.3, 0.4) is 0 Å². The average Bonchev–Trinajstić information content (AvgIpc) is 3.46. The Morgan fingerprint density at radius 3 is 2.26 bits per heavy atom. The monoisotopic (exact) mass is 451 g/mol. The van der Waals surface area contributed by atoms with Crippen molar-refractivity contribution in [1.29, 1.82) is 0 Å². The van der Waals surface area contributed by atoms with Crippen molar-refractivity contribution in [3.05, 3.63) is 108 Å². The quantitative estimate of drug-likeness (QED) is 0.362. The molecule has 0 saturated heterocycles. The number of allylic oxidation sites excluding steroid dienone is 2. The normalized spacial score (nSPS) is 13.3. The van der Waals surface area contributed by atoms with Gasteiger partial charge in [-0.05, 0) is 54.2 Å². The Morgan fingerprint density at radius 2 is 1.65 bits per heavy atom. The van der Waals surface area contributed by atoms with Gasteiger partial charge in [0.15, 0.2) is 0 Å². The second-order valence-corrected chi connectivity index (χ2v) is 8.96. The van der Waals surface area contributed by atoms with Gasteiger partial charge in [-0.15, -0.1) is 0 Å². The third-order valence-electron chi connectivity index (χ3n) is 5.96. The Balaban J connectivity index is 1.67. The van der Waals surface area contributed by atoms with Crippen molar-refractivity contribution < 1.29 is 0 Å². The van der Waals surface area contributed by atoms with Crippen LogP contribution >= 0.6 is 0 Å². The van der Waals surface area contributed by atoms with Gasteiger partial charge in [-0.1, -0.05) is 63.4 Å². The minimum absolute atomic E-state index is 0.502. The Morgan fingerprint density at radius 1 is 0.971 bits per heavy atom. The second-order valence-electron chi connectivity index (χ2n) is 8.96. The Bertz CT molecular complexity index is 1250. The van der Waals surface area contributed by atoms with Crippen LogP contribution in [0.15, 0.2) is 96.0 Å². The zero-order valence-electron chi connectivity index (χ0n) is 20.5. The molecule has 0 bridgehead atoms. The molecule has 2 N–H and O–H groups in total. The molecule has 2 heterocycles. The van der Waals surface area contributed by atoms with Gasteiger partial charge in [0.2, 0.25) is 0 Å². The highest BCUT2D eigenvalue weighted by molar-refractivity contribution is 6.11. The van der Waals surface area contributed by atoms with Crippen LogP contribution in [0.4, 0.5) is 11.5 Å². The third kappa shape index (κ3) is 5.04. The molecule has 174 valence electrons. The molecule has 1 aliphatic rings. The van der Waals surface area contributed by atoms with Gasteiger partial charge in [0, 0.05) is 30.4 Å². The number of nitrogens with zero attached hydrogens (tertiary/aromatic N) is 3. The zero-order chi connectivity index (χ0) is 24.2. The summed E-state index contributed by atoms with van der Waals surface area (Å²) in [6, 6.07) is 19.1. The number of hydrogen-bond acceptors (Lipinski definition) is 4. The molecule has 0 spiro atoms. The van der Waals surface area contributed by atoms with Crippen molar-refractivity contribution in [2.45, 2.75) is 46.6 Å². The number of nitrogens with one attached hydrogen (secondary N) is 2. The first kappa shape index (κ1) is 23.3. The first-order chi connectivity index (χ1) is 16.4. The van der Waals surface area contributed by atoms with Crippen molar-refractivity contribution in [2.24, 2.45) is 4.99 Å². The van der Waals surface area contributed by atoms with Crippen molar-refractivity contribution >= 4 is 22.8 Å². The Hall–Kier alpha value is -3.86. The Labute approximate surface area is 202 Å². The topological polar surface area (TPSA) is 54.2 Å². The van der Waals surface area contributed by atoms with Gasteiger partial charge < -0.3 is 10.6 Å². The largest absolute Gasteiger partial charge is 0.360 e. The van der Waals surface area contributed by atoms with Gasteiger partial charge in [-0.2, -0.15) is 5.10 Å². The molecule has 0 amide bonds. The first-order valence-corrected chi connectivity index (χ1v) is 11.8.